The summed E-state index contributed by atoms with van der Waals surface area (Å²) in [4.78, 5) is 19.8. The van der Waals surface area contributed by atoms with Crippen LogP contribution in [0.5, 0.6) is 0 Å². The summed E-state index contributed by atoms with van der Waals surface area (Å²) in [5.41, 5.74) is 1.14. The van der Waals surface area contributed by atoms with Crippen molar-refractivity contribution in [2.24, 2.45) is 0 Å². The minimum atomic E-state index is -0.205. The van der Waals surface area contributed by atoms with E-state index in [2.05, 4.69) is 84.9 Å². The molecule has 0 aliphatic carbocycles. The second kappa shape index (κ2) is 9.94. The highest BCUT2D eigenvalue weighted by Crippen LogP contribution is 2.39. The van der Waals surface area contributed by atoms with E-state index in [0.717, 1.165) is 14.7 Å². The summed E-state index contributed by atoms with van der Waals surface area (Å²) in [6, 6.07) is 40.9. The molecule has 0 saturated heterocycles. The third-order valence-corrected chi connectivity index (χ3v) is 9.81. The molecule has 5 aromatic carbocycles. The van der Waals surface area contributed by atoms with Gasteiger partial charge in [-0.25, -0.2) is 0 Å². The molecule has 1 heterocycles. The first-order valence-electron chi connectivity index (χ1n) is 11.5. The standard InChI is InChI=1S/C31H20O2S3/c32-30-25-13-7-8-14-26(25)33-27-19-20-28(34)31(29(27)30)35-21-15-17-24(18-16-21)36(22-9-3-1-4-10-22)23-11-5-2-6-12-23/h1-20H/p+1. The van der Waals surface area contributed by atoms with Gasteiger partial charge in [-0.15, -0.1) is 12.6 Å². The van der Waals surface area contributed by atoms with Crippen LogP contribution in [0.3, 0.4) is 0 Å². The Morgan fingerprint density at radius 3 is 1.86 bits per heavy atom. The predicted octanol–water partition coefficient (Wildman–Crippen LogP) is 8.48. The normalized spacial score (nSPS) is 11.4. The zero-order valence-electron chi connectivity index (χ0n) is 19.1. The quantitative estimate of drug-likeness (QED) is 0.140. The molecule has 0 saturated carbocycles. The summed E-state index contributed by atoms with van der Waals surface area (Å²) in [6.45, 7) is 0. The number of fused-ring (bicyclic) bond motifs is 2. The first-order valence-corrected chi connectivity index (χ1v) is 14.0. The van der Waals surface area contributed by atoms with Gasteiger partial charge in [0.2, 0.25) is 5.43 Å². The van der Waals surface area contributed by atoms with Crippen LogP contribution in [-0.2, 0) is 10.9 Å². The number of benzene rings is 5. The van der Waals surface area contributed by atoms with E-state index in [0.29, 0.717) is 21.9 Å². The number of thiol groups is 1. The van der Waals surface area contributed by atoms with Gasteiger partial charge in [0.15, 0.2) is 14.7 Å². The zero-order chi connectivity index (χ0) is 24.5. The van der Waals surface area contributed by atoms with E-state index in [4.69, 9.17) is 17.0 Å². The van der Waals surface area contributed by atoms with E-state index in [1.807, 2.05) is 36.4 Å². The van der Waals surface area contributed by atoms with Gasteiger partial charge in [0.25, 0.3) is 0 Å². The number of hydrogen-bond donors (Lipinski definition) is 1. The second-order valence-corrected chi connectivity index (χ2v) is 11.8. The minimum absolute atomic E-state index is 0.0310. The lowest BCUT2D eigenvalue weighted by Crippen LogP contribution is -2.04. The molecule has 2 nitrogen and oxygen atoms in total. The molecule has 0 bridgehead atoms. The average molecular weight is 522 g/mol. The van der Waals surface area contributed by atoms with Crippen LogP contribution in [0.25, 0.3) is 21.9 Å². The average Bonchev–Trinajstić information content (AvgIpc) is 2.93. The van der Waals surface area contributed by atoms with Gasteiger partial charge in [-0.3, -0.25) is 4.79 Å². The van der Waals surface area contributed by atoms with E-state index < -0.39 is 0 Å². The van der Waals surface area contributed by atoms with E-state index in [1.165, 1.54) is 14.7 Å². The molecule has 0 radical (unpaired) electrons. The maximum Gasteiger partial charge on any atom is 0.201 e. The van der Waals surface area contributed by atoms with Crippen molar-refractivity contribution < 1.29 is 4.42 Å². The van der Waals surface area contributed by atoms with Gasteiger partial charge < -0.3 is 4.42 Å². The lowest BCUT2D eigenvalue weighted by Gasteiger charge is -2.11. The number of rotatable bonds is 5. The van der Waals surface area contributed by atoms with E-state index in [1.54, 1.807) is 11.8 Å². The molecule has 0 unspecified atom stereocenters. The summed E-state index contributed by atoms with van der Waals surface area (Å²) >= 11 is 6.24. The summed E-state index contributed by atoms with van der Waals surface area (Å²) < 4.78 is 6.06. The Balaban J connectivity index is 1.41. The first kappa shape index (κ1) is 23.0. The summed E-state index contributed by atoms with van der Waals surface area (Å²) in [5, 5.41) is 1.15. The van der Waals surface area contributed by atoms with E-state index >= 15 is 0 Å². The Morgan fingerprint density at radius 1 is 0.611 bits per heavy atom. The monoisotopic (exact) mass is 521 g/mol. The van der Waals surface area contributed by atoms with Crippen molar-refractivity contribution in [3.63, 3.8) is 0 Å². The maximum atomic E-state index is 13.4. The van der Waals surface area contributed by atoms with Crippen LogP contribution in [0.2, 0.25) is 0 Å². The molecule has 0 fully saturated rings. The molecule has 1 aromatic heterocycles. The summed E-state index contributed by atoms with van der Waals surface area (Å²) in [5.74, 6) is 0. The molecule has 0 amide bonds. The maximum absolute atomic E-state index is 13.4. The van der Waals surface area contributed by atoms with Crippen molar-refractivity contribution >= 4 is 57.2 Å². The Kier molecular flexibility index (Phi) is 6.36. The Labute approximate surface area is 221 Å². The molecule has 6 rings (SSSR count). The summed E-state index contributed by atoms with van der Waals surface area (Å²) in [6.07, 6.45) is 0. The van der Waals surface area contributed by atoms with Crippen molar-refractivity contribution in [3.8, 4) is 0 Å². The number of hydrogen-bond acceptors (Lipinski definition) is 4. The lowest BCUT2D eigenvalue weighted by molar-refractivity contribution is 0.658. The molecular formula is C31H21O2S3+. The summed E-state index contributed by atoms with van der Waals surface area (Å²) in [7, 11) is -0.205. The molecular weight excluding hydrogens is 501 g/mol. The lowest BCUT2D eigenvalue weighted by atomic mass is 10.1. The van der Waals surface area contributed by atoms with Crippen LogP contribution in [0, 0.1) is 0 Å². The van der Waals surface area contributed by atoms with Gasteiger partial charge >= 0.3 is 0 Å². The van der Waals surface area contributed by atoms with Gasteiger partial charge in [-0.05, 0) is 72.8 Å². The van der Waals surface area contributed by atoms with Crippen molar-refractivity contribution in [1.82, 2.24) is 0 Å². The van der Waals surface area contributed by atoms with Crippen LogP contribution >= 0.6 is 24.4 Å². The molecule has 6 aromatic rings. The fourth-order valence-electron chi connectivity index (χ4n) is 4.24. The Bertz CT molecular complexity index is 1690. The largest absolute Gasteiger partial charge is 0.456 e. The van der Waals surface area contributed by atoms with Crippen molar-refractivity contribution in [3.05, 3.63) is 132 Å². The predicted molar refractivity (Wildman–Crippen MR) is 153 cm³/mol. The topological polar surface area (TPSA) is 30.2 Å². The Hall–Kier alpha value is -3.38. The highest BCUT2D eigenvalue weighted by atomic mass is 32.2. The smallest absolute Gasteiger partial charge is 0.201 e. The third-order valence-electron chi connectivity index (χ3n) is 5.91. The van der Waals surface area contributed by atoms with Crippen LogP contribution in [-0.4, -0.2) is 0 Å². The SMILES string of the molecule is O=c1c2ccccc2oc2ccc(S)c(Sc3ccc([S+](c4ccccc4)c4ccccc4)cc3)c12. The molecule has 5 heteroatoms. The van der Waals surface area contributed by atoms with Gasteiger partial charge in [0, 0.05) is 14.7 Å². The first-order chi connectivity index (χ1) is 17.7. The van der Waals surface area contributed by atoms with Crippen LogP contribution < -0.4 is 5.43 Å². The molecule has 0 spiro atoms. The van der Waals surface area contributed by atoms with Gasteiger partial charge in [-0.1, -0.05) is 60.3 Å². The highest BCUT2D eigenvalue weighted by molar-refractivity contribution is 8.00. The molecule has 0 N–H and O–H groups in total. The number of para-hydroxylation sites is 1. The molecule has 0 atom stereocenters. The van der Waals surface area contributed by atoms with Gasteiger partial charge in [0.1, 0.15) is 11.2 Å². The van der Waals surface area contributed by atoms with E-state index in [9.17, 15) is 4.79 Å². The van der Waals surface area contributed by atoms with Crippen LogP contribution in [0.1, 0.15) is 0 Å². The fourth-order valence-corrected chi connectivity index (χ4v) is 7.62. The molecule has 174 valence electrons. The van der Waals surface area contributed by atoms with Crippen LogP contribution in [0.4, 0.5) is 0 Å². The highest BCUT2D eigenvalue weighted by Gasteiger charge is 2.28. The zero-order valence-corrected chi connectivity index (χ0v) is 21.7. The molecule has 0 aliphatic heterocycles. The van der Waals surface area contributed by atoms with Gasteiger partial charge in [0.05, 0.1) is 21.7 Å². The van der Waals surface area contributed by atoms with Crippen molar-refractivity contribution in [2.45, 2.75) is 29.4 Å². The van der Waals surface area contributed by atoms with Crippen molar-refractivity contribution in [2.75, 3.05) is 0 Å². The van der Waals surface area contributed by atoms with Crippen LogP contribution in [0.15, 0.2) is 160 Å². The Morgan fingerprint density at radius 2 is 1.19 bits per heavy atom. The van der Waals surface area contributed by atoms with E-state index in [-0.39, 0.29) is 16.3 Å². The van der Waals surface area contributed by atoms with Gasteiger partial charge in [-0.2, -0.15) is 0 Å². The third kappa shape index (κ3) is 4.35. The molecule has 36 heavy (non-hydrogen) atoms. The molecule has 0 aliphatic rings. The van der Waals surface area contributed by atoms with Crippen molar-refractivity contribution in [1.29, 1.82) is 0 Å². The second-order valence-electron chi connectivity index (χ2n) is 8.22. The fraction of sp³-hybridized carbons (Fsp3) is 0. The minimum Gasteiger partial charge on any atom is -0.456 e.